The molecule has 4 aromatic rings. The highest BCUT2D eigenvalue weighted by Crippen LogP contribution is 2.34. The van der Waals surface area contributed by atoms with E-state index in [1.54, 1.807) is 31.2 Å². The molecule has 0 bridgehead atoms. The molecule has 1 aliphatic heterocycles. The van der Waals surface area contributed by atoms with Crippen LogP contribution in [0.25, 0.3) is 10.9 Å². The second kappa shape index (κ2) is 9.08. The topological polar surface area (TPSA) is 137 Å². The summed E-state index contributed by atoms with van der Waals surface area (Å²) in [5.41, 5.74) is 1.74. The highest BCUT2D eigenvalue weighted by molar-refractivity contribution is 6.37. The Balaban J connectivity index is 1.32. The molecule has 2 amide bonds. The van der Waals surface area contributed by atoms with Gasteiger partial charge >= 0.3 is 5.97 Å². The molecule has 182 valence electrons. The molecule has 0 unspecified atom stereocenters. The summed E-state index contributed by atoms with van der Waals surface area (Å²) in [6.07, 6.45) is 0. The quantitative estimate of drug-likeness (QED) is 0.127. The van der Waals surface area contributed by atoms with Gasteiger partial charge in [0.2, 0.25) is 5.78 Å². The van der Waals surface area contributed by atoms with E-state index in [0.29, 0.717) is 16.6 Å². The van der Waals surface area contributed by atoms with Crippen LogP contribution in [0.2, 0.25) is 0 Å². The molecule has 1 aliphatic rings. The molecule has 0 saturated carbocycles. The Morgan fingerprint density at radius 3 is 2.35 bits per heavy atom. The molecular weight excluding hydrogens is 478 g/mol. The van der Waals surface area contributed by atoms with Crippen LogP contribution in [0.5, 0.6) is 0 Å². The van der Waals surface area contributed by atoms with E-state index in [0.717, 1.165) is 11.0 Å². The molecule has 0 spiro atoms. The summed E-state index contributed by atoms with van der Waals surface area (Å²) in [4.78, 5) is 66.9. The lowest BCUT2D eigenvalue weighted by Gasteiger charge is -2.14. The minimum Gasteiger partial charge on any atom is -0.454 e. The first-order chi connectivity index (χ1) is 17.8. The van der Waals surface area contributed by atoms with Gasteiger partial charge in [0.05, 0.1) is 38.5 Å². The summed E-state index contributed by atoms with van der Waals surface area (Å²) in [7, 11) is 0. The molecule has 1 aromatic heterocycles. The monoisotopic (exact) mass is 495 g/mol. The van der Waals surface area contributed by atoms with Gasteiger partial charge in [0.15, 0.2) is 6.61 Å². The largest absolute Gasteiger partial charge is 0.454 e. The number of non-ortho nitro benzene ring substituents is 1. The number of fused-ring (bicyclic) bond motifs is 3. The molecule has 10 heteroatoms. The Morgan fingerprint density at radius 1 is 0.919 bits per heavy atom. The number of amides is 2. The average molecular weight is 495 g/mol. The second-order valence-corrected chi connectivity index (χ2v) is 8.26. The standard InChI is InChI=1S/C27H17N3O7/c1-15-23-24(20-7-2-3-8-21(20)28-15)26(33)29(25(23)32)18-11-9-16(10-12-18)27(34)37-14-22(31)17-5-4-6-19(13-17)30(35)36/h2-13H,14H2,1H3. The van der Waals surface area contributed by atoms with Gasteiger partial charge in [0.1, 0.15) is 0 Å². The van der Waals surface area contributed by atoms with Crippen molar-refractivity contribution >= 4 is 45.8 Å². The van der Waals surface area contributed by atoms with Crippen LogP contribution in [0.3, 0.4) is 0 Å². The first-order valence-corrected chi connectivity index (χ1v) is 11.1. The van der Waals surface area contributed by atoms with Gasteiger partial charge in [-0.15, -0.1) is 0 Å². The zero-order chi connectivity index (χ0) is 26.3. The molecule has 37 heavy (non-hydrogen) atoms. The number of nitro benzene ring substituents is 1. The summed E-state index contributed by atoms with van der Waals surface area (Å²) < 4.78 is 5.05. The highest BCUT2D eigenvalue weighted by atomic mass is 16.6. The first-order valence-electron chi connectivity index (χ1n) is 11.1. The van der Waals surface area contributed by atoms with Crippen molar-refractivity contribution in [3.8, 4) is 0 Å². The van der Waals surface area contributed by atoms with E-state index in [4.69, 9.17) is 4.74 Å². The van der Waals surface area contributed by atoms with Crippen LogP contribution in [0.1, 0.15) is 47.1 Å². The van der Waals surface area contributed by atoms with Crippen molar-refractivity contribution in [3.05, 3.63) is 111 Å². The molecule has 0 N–H and O–H groups in total. The molecule has 0 saturated heterocycles. The summed E-state index contributed by atoms with van der Waals surface area (Å²) in [5.74, 6) is -2.40. The predicted molar refractivity (Wildman–Crippen MR) is 132 cm³/mol. The molecule has 0 fully saturated rings. The summed E-state index contributed by atoms with van der Waals surface area (Å²) in [6, 6.07) is 17.8. The lowest BCUT2D eigenvalue weighted by atomic mass is 10.0. The number of nitrogens with zero attached hydrogens (tertiary/aromatic N) is 3. The maximum Gasteiger partial charge on any atom is 0.338 e. The number of pyridine rings is 1. The van der Waals surface area contributed by atoms with Crippen molar-refractivity contribution in [3.63, 3.8) is 0 Å². The van der Waals surface area contributed by atoms with Crippen LogP contribution < -0.4 is 4.90 Å². The van der Waals surface area contributed by atoms with E-state index in [1.807, 2.05) is 0 Å². The minimum absolute atomic E-state index is 0.0419. The fraction of sp³-hybridized carbons (Fsp3) is 0.0741. The van der Waals surface area contributed by atoms with Crippen molar-refractivity contribution in [2.24, 2.45) is 0 Å². The number of ketones is 1. The number of nitro groups is 1. The van der Waals surface area contributed by atoms with Gasteiger partial charge in [-0.1, -0.05) is 30.3 Å². The SMILES string of the molecule is Cc1nc2ccccc2c2c1C(=O)N(c1ccc(C(=O)OCC(=O)c3cccc([N+](=O)[O-])c3)cc1)C2=O. The number of carbonyl (C=O) groups is 4. The molecule has 0 radical (unpaired) electrons. The lowest BCUT2D eigenvalue weighted by molar-refractivity contribution is -0.384. The average Bonchev–Trinajstić information content (AvgIpc) is 3.18. The van der Waals surface area contributed by atoms with Crippen molar-refractivity contribution in [2.45, 2.75) is 6.92 Å². The van der Waals surface area contributed by atoms with Gasteiger partial charge in [-0.25, -0.2) is 9.69 Å². The van der Waals surface area contributed by atoms with Crippen LogP contribution in [0.4, 0.5) is 11.4 Å². The number of hydrogen-bond donors (Lipinski definition) is 0. The number of carbonyl (C=O) groups excluding carboxylic acids is 4. The molecule has 0 aliphatic carbocycles. The molecule has 10 nitrogen and oxygen atoms in total. The Morgan fingerprint density at radius 2 is 1.62 bits per heavy atom. The third-order valence-electron chi connectivity index (χ3n) is 5.98. The van der Waals surface area contributed by atoms with Gasteiger partial charge in [-0.3, -0.25) is 29.5 Å². The molecule has 5 rings (SSSR count). The van der Waals surface area contributed by atoms with E-state index in [9.17, 15) is 29.3 Å². The van der Waals surface area contributed by atoms with Crippen LogP contribution in [-0.2, 0) is 4.74 Å². The fourth-order valence-corrected chi connectivity index (χ4v) is 4.21. The number of Topliss-reactive ketones (excluding diaryl/α,β-unsaturated/α-hetero) is 1. The van der Waals surface area contributed by atoms with E-state index >= 15 is 0 Å². The number of benzene rings is 3. The zero-order valence-electron chi connectivity index (χ0n) is 19.3. The normalized spacial score (nSPS) is 12.5. The maximum atomic E-state index is 13.3. The number of aromatic nitrogens is 1. The Kier molecular flexibility index (Phi) is 5.76. The Hall–Kier alpha value is -5.25. The van der Waals surface area contributed by atoms with Gasteiger partial charge in [-0.05, 0) is 37.3 Å². The number of rotatable bonds is 6. The summed E-state index contributed by atoms with van der Waals surface area (Å²) in [5, 5.41) is 11.5. The maximum absolute atomic E-state index is 13.3. The Bertz CT molecular complexity index is 1640. The minimum atomic E-state index is -0.807. The van der Waals surface area contributed by atoms with Gasteiger partial charge in [0.25, 0.3) is 17.5 Å². The summed E-state index contributed by atoms with van der Waals surface area (Å²) in [6.45, 7) is 1.06. The highest BCUT2D eigenvalue weighted by Gasteiger charge is 2.40. The van der Waals surface area contributed by atoms with Crippen molar-refractivity contribution in [1.29, 1.82) is 0 Å². The number of anilines is 1. The number of para-hydroxylation sites is 1. The summed E-state index contributed by atoms with van der Waals surface area (Å²) >= 11 is 0. The lowest BCUT2D eigenvalue weighted by Crippen LogP contribution is -2.29. The smallest absolute Gasteiger partial charge is 0.338 e. The van der Waals surface area contributed by atoms with Crippen molar-refractivity contribution in [2.75, 3.05) is 11.5 Å². The van der Waals surface area contributed by atoms with Gasteiger partial charge < -0.3 is 4.74 Å². The van der Waals surface area contributed by atoms with Crippen molar-refractivity contribution < 1.29 is 28.8 Å². The number of ether oxygens (including phenoxy) is 1. The molecular formula is C27H17N3O7. The molecule has 0 atom stereocenters. The van der Waals surface area contributed by atoms with E-state index in [1.165, 1.54) is 42.5 Å². The van der Waals surface area contributed by atoms with Crippen molar-refractivity contribution in [1.82, 2.24) is 4.98 Å². The van der Waals surface area contributed by atoms with E-state index in [2.05, 4.69) is 4.98 Å². The number of hydrogen-bond acceptors (Lipinski definition) is 8. The number of aryl methyl sites for hydroxylation is 1. The van der Waals surface area contributed by atoms with Crippen LogP contribution in [-0.4, -0.2) is 40.1 Å². The third kappa shape index (κ3) is 4.10. The van der Waals surface area contributed by atoms with Gasteiger partial charge in [0, 0.05) is 23.1 Å². The Labute approximate surface area is 209 Å². The van der Waals surface area contributed by atoms with E-state index in [-0.39, 0.29) is 33.6 Å². The van der Waals surface area contributed by atoms with Gasteiger partial charge in [-0.2, -0.15) is 0 Å². The predicted octanol–water partition coefficient (Wildman–Crippen LogP) is 4.29. The van der Waals surface area contributed by atoms with Crippen LogP contribution in [0.15, 0.2) is 72.8 Å². The second-order valence-electron chi connectivity index (χ2n) is 8.26. The number of esters is 1. The molecule has 3 aromatic carbocycles. The van der Waals surface area contributed by atoms with Crippen LogP contribution >= 0.6 is 0 Å². The third-order valence-corrected chi connectivity index (χ3v) is 5.98. The number of imide groups is 1. The molecule has 2 heterocycles. The zero-order valence-corrected chi connectivity index (χ0v) is 19.3. The first kappa shape index (κ1) is 23.5. The van der Waals surface area contributed by atoms with E-state index < -0.39 is 35.1 Å². The van der Waals surface area contributed by atoms with Crippen LogP contribution in [0, 0.1) is 17.0 Å². The fourth-order valence-electron chi connectivity index (χ4n) is 4.21.